The highest BCUT2D eigenvalue weighted by atomic mass is 19.1. The van der Waals surface area contributed by atoms with E-state index in [-0.39, 0.29) is 30.1 Å². The minimum absolute atomic E-state index is 0.00228. The number of anilines is 1. The monoisotopic (exact) mass is 493 g/mol. The standard InChI is InChI=1S/C29H32FNO5/c30-23-12-10-21(11-13-23)26(34)15-14-25-27(31(28(25)35)24-4-2-1-3-5-24)22-8-6-20(7-9-22)16-17-29(36,18-32)19-33/h1-13,25-27,32-34,36H,14-19H2/t25-,26+,27-/m1/s1. The molecule has 3 aromatic rings. The molecule has 0 aliphatic carbocycles. The average Bonchev–Trinajstić information content (AvgIpc) is 2.91. The van der Waals surface area contributed by atoms with E-state index in [1.165, 1.54) is 12.1 Å². The van der Waals surface area contributed by atoms with Crippen molar-refractivity contribution in [1.82, 2.24) is 0 Å². The number of nitrogens with zero attached hydrogens (tertiary/aromatic N) is 1. The Balaban J connectivity index is 1.50. The van der Waals surface area contributed by atoms with Crippen molar-refractivity contribution < 1.29 is 29.6 Å². The highest BCUT2D eigenvalue weighted by molar-refractivity contribution is 6.03. The molecule has 36 heavy (non-hydrogen) atoms. The predicted octanol–water partition coefficient (Wildman–Crippen LogP) is 3.69. The van der Waals surface area contributed by atoms with Crippen LogP contribution >= 0.6 is 0 Å². The number of hydrogen-bond acceptors (Lipinski definition) is 5. The molecule has 1 saturated heterocycles. The van der Waals surface area contributed by atoms with Gasteiger partial charge in [-0.05, 0) is 66.6 Å². The van der Waals surface area contributed by atoms with Crippen molar-refractivity contribution in [2.24, 2.45) is 5.92 Å². The molecule has 4 N–H and O–H groups in total. The van der Waals surface area contributed by atoms with Gasteiger partial charge in [0.25, 0.3) is 0 Å². The summed E-state index contributed by atoms with van der Waals surface area (Å²) in [7, 11) is 0. The first-order valence-electron chi connectivity index (χ1n) is 12.2. The van der Waals surface area contributed by atoms with Crippen molar-refractivity contribution in [3.8, 4) is 0 Å². The summed E-state index contributed by atoms with van der Waals surface area (Å²) in [6.07, 6.45) is 0.773. The number of para-hydroxylation sites is 1. The zero-order chi connectivity index (χ0) is 25.7. The second kappa shape index (κ2) is 11.3. The fourth-order valence-electron chi connectivity index (χ4n) is 4.74. The number of β-lactam (4-membered cyclic amide) rings is 1. The van der Waals surface area contributed by atoms with Crippen LogP contribution in [0.25, 0.3) is 0 Å². The highest BCUT2D eigenvalue weighted by Gasteiger charge is 2.48. The number of amides is 1. The number of rotatable bonds is 11. The molecule has 0 radical (unpaired) electrons. The lowest BCUT2D eigenvalue weighted by molar-refractivity contribution is -0.131. The van der Waals surface area contributed by atoms with Crippen LogP contribution in [-0.2, 0) is 11.2 Å². The molecule has 1 fully saturated rings. The van der Waals surface area contributed by atoms with Gasteiger partial charge in [-0.2, -0.15) is 0 Å². The van der Waals surface area contributed by atoms with Crippen LogP contribution in [0.3, 0.4) is 0 Å². The highest BCUT2D eigenvalue weighted by Crippen LogP contribution is 2.46. The van der Waals surface area contributed by atoms with E-state index < -0.39 is 24.9 Å². The molecule has 1 amide bonds. The Morgan fingerprint density at radius 3 is 2.17 bits per heavy atom. The Morgan fingerprint density at radius 2 is 1.56 bits per heavy atom. The van der Waals surface area contributed by atoms with Crippen LogP contribution in [-0.4, -0.2) is 45.1 Å². The lowest BCUT2D eigenvalue weighted by atomic mass is 9.78. The van der Waals surface area contributed by atoms with Gasteiger partial charge in [0, 0.05) is 5.69 Å². The molecule has 1 aliphatic rings. The molecule has 0 aromatic heterocycles. The van der Waals surface area contributed by atoms with Crippen LogP contribution in [0.4, 0.5) is 10.1 Å². The van der Waals surface area contributed by atoms with Crippen molar-refractivity contribution in [3.63, 3.8) is 0 Å². The second-order valence-corrected chi connectivity index (χ2v) is 9.52. The first kappa shape index (κ1) is 26.0. The second-order valence-electron chi connectivity index (χ2n) is 9.52. The Bertz CT molecular complexity index is 1130. The van der Waals surface area contributed by atoms with Crippen LogP contribution in [0, 0.1) is 11.7 Å². The Labute approximate surface area is 210 Å². The fraction of sp³-hybridized carbons (Fsp3) is 0.345. The van der Waals surface area contributed by atoms with E-state index in [0.717, 1.165) is 16.8 Å². The summed E-state index contributed by atoms with van der Waals surface area (Å²) in [5, 5.41) is 39.3. The number of carbonyl (C=O) groups is 1. The molecule has 0 saturated carbocycles. The summed E-state index contributed by atoms with van der Waals surface area (Å²) in [5.41, 5.74) is 1.82. The van der Waals surface area contributed by atoms with E-state index in [9.17, 15) is 29.6 Å². The lowest BCUT2D eigenvalue weighted by Crippen LogP contribution is -2.55. The van der Waals surface area contributed by atoms with Crippen molar-refractivity contribution in [2.75, 3.05) is 18.1 Å². The molecule has 7 heteroatoms. The third-order valence-electron chi connectivity index (χ3n) is 7.04. The number of aliphatic hydroxyl groups is 4. The van der Waals surface area contributed by atoms with Crippen LogP contribution in [0.5, 0.6) is 0 Å². The Morgan fingerprint density at radius 1 is 0.917 bits per heavy atom. The Kier molecular flexibility index (Phi) is 8.16. The number of hydrogen-bond donors (Lipinski definition) is 4. The summed E-state index contributed by atoms with van der Waals surface area (Å²) in [6, 6.07) is 22.8. The lowest BCUT2D eigenvalue weighted by Gasteiger charge is -2.48. The summed E-state index contributed by atoms with van der Waals surface area (Å²) < 4.78 is 13.2. The van der Waals surface area contributed by atoms with Crippen LogP contribution in [0.1, 0.15) is 48.1 Å². The summed E-state index contributed by atoms with van der Waals surface area (Å²) in [4.78, 5) is 15.0. The van der Waals surface area contributed by atoms with Gasteiger partial charge in [-0.3, -0.25) is 4.79 Å². The third-order valence-corrected chi connectivity index (χ3v) is 7.04. The molecule has 3 atom stereocenters. The van der Waals surface area contributed by atoms with Crippen molar-refractivity contribution >= 4 is 11.6 Å². The number of aryl methyl sites for hydroxylation is 1. The molecule has 1 heterocycles. The van der Waals surface area contributed by atoms with Gasteiger partial charge in [0.1, 0.15) is 11.4 Å². The molecule has 0 unspecified atom stereocenters. The summed E-state index contributed by atoms with van der Waals surface area (Å²) in [6.45, 7) is -1.02. The SMILES string of the molecule is O=C1[C@H](CC[C@H](O)c2ccc(F)cc2)[C@@H](c2ccc(CCC(O)(CO)CO)cc2)N1c1ccccc1. The minimum atomic E-state index is -1.51. The molecule has 0 bridgehead atoms. The van der Waals surface area contributed by atoms with E-state index in [0.29, 0.717) is 24.8 Å². The molecular weight excluding hydrogens is 461 g/mol. The fourth-order valence-corrected chi connectivity index (χ4v) is 4.74. The topological polar surface area (TPSA) is 101 Å². The smallest absolute Gasteiger partial charge is 0.233 e. The summed E-state index contributed by atoms with van der Waals surface area (Å²) >= 11 is 0. The van der Waals surface area contributed by atoms with Crippen LogP contribution in [0.15, 0.2) is 78.9 Å². The van der Waals surface area contributed by atoms with E-state index in [1.807, 2.05) is 54.6 Å². The summed E-state index contributed by atoms with van der Waals surface area (Å²) in [5.74, 6) is -0.669. The zero-order valence-electron chi connectivity index (χ0n) is 20.0. The maximum absolute atomic E-state index is 13.2. The van der Waals surface area contributed by atoms with E-state index in [4.69, 9.17) is 0 Å². The maximum atomic E-state index is 13.2. The number of benzene rings is 3. The molecule has 3 aromatic carbocycles. The first-order chi connectivity index (χ1) is 17.3. The van der Waals surface area contributed by atoms with Gasteiger partial charge in [0.05, 0.1) is 31.3 Å². The van der Waals surface area contributed by atoms with E-state index in [2.05, 4.69) is 0 Å². The Hall–Kier alpha value is -3.10. The van der Waals surface area contributed by atoms with Crippen molar-refractivity contribution in [3.05, 3.63) is 101 Å². The molecule has 6 nitrogen and oxygen atoms in total. The number of halogens is 1. The van der Waals surface area contributed by atoms with Crippen molar-refractivity contribution in [1.29, 1.82) is 0 Å². The van der Waals surface area contributed by atoms with Gasteiger partial charge in [-0.25, -0.2) is 4.39 Å². The predicted molar refractivity (Wildman–Crippen MR) is 135 cm³/mol. The average molecular weight is 494 g/mol. The van der Waals surface area contributed by atoms with Crippen molar-refractivity contribution in [2.45, 2.75) is 43.4 Å². The minimum Gasteiger partial charge on any atom is -0.393 e. The van der Waals surface area contributed by atoms with Gasteiger partial charge in [0.2, 0.25) is 5.91 Å². The number of aliphatic hydroxyl groups excluding tert-OH is 3. The first-order valence-corrected chi connectivity index (χ1v) is 12.2. The van der Waals surface area contributed by atoms with E-state index in [1.54, 1.807) is 17.0 Å². The van der Waals surface area contributed by atoms with Crippen LogP contribution < -0.4 is 4.90 Å². The van der Waals surface area contributed by atoms with E-state index >= 15 is 0 Å². The molecule has 4 rings (SSSR count). The number of carbonyl (C=O) groups excluding carboxylic acids is 1. The molecular formula is C29H32FNO5. The largest absolute Gasteiger partial charge is 0.393 e. The van der Waals surface area contributed by atoms with Gasteiger partial charge < -0.3 is 25.3 Å². The quantitative estimate of drug-likeness (QED) is 0.305. The molecule has 190 valence electrons. The van der Waals surface area contributed by atoms with Gasteiger partial charge in [-0.15, -0.1) is 0 Å². The maximum Gasteiger partial charge on any atom is 0.233 e. The third kappa shape index (κ3) is 5.65. The van der Waals surface area contributed by atoms with Gasteiger partial charge in [0.15, 0.2) is 0 Å². The van der Waals surface area contributed by atoms with Gasteiger partial charge >= 0.3 is 0 Å². The van der Waals surface area contributed by atoms with Crippen LogP contribution in [0.2, 0.25) is 0 Å². The van der Waals surface area contributed by atoms with Gasteiger partial charge in [-0.1, -0.05) is 54.6 Å². The zero-order valence-corrected chi connectivity index (χ0v) is 20.0. The molecule has 1 aliphatic heterocycles. The molecule has 0 spiro atoms. The normalized spacial score (nSPS) is 18.7.